The predicted octanol–water partition coefficient (Wildman–Crippen LogP) is 2.89. The summed E-state index contributed by atoms with van der Waals surface area (Å²) in [4.78, 5) is 10.8. The van der Waals surface area contributed by atoms with Crippen LogP contribution in [0.15, 0.2) is 18.2 Å². The lowest BCUT2D eigenvalue weighted by atomic mass is 9.83. The molecule has 0 spiro atoms. The molecule has 1 aliphatic carbocycles. The number of carboxylic acids is 1. The van der Waals surface area contributed by atoms with E-state index in [2.05, 4.69) is 0 Å². The van der Waals surface area contributed by atoms with E-state index >= 15 is 0 Å². The van der Waals surface area contributed by atoms with E-state index in [1.165, 1.54) is 6.07 Å². The highest BCUT2D eigenvalue weighted by atomic mass is 19.4. The second kappa shape index (κ2) is 4.05. The van der Waals surface area contributed by atoms with Gasteiger partial charge in [0.25, 0.3) is 0 Å². The first-order chi connectivity index (χ1) is 7.88. The van der Waals surface area contributed by atoms with Crippen LogP contribution in [-0.2, 0) is 23.8 Å². The quantitative estimate of drug-likeness (QED) is 0.824. The zero-order chi connectivity index (χ0) is 12.6. The normalized spacial score (nSPS) is 19.8. The van der Waals surface area contributed by atoms with Gasteiger partial charge in [0.05, 0.1) is 11.5 Å². The molecular weight excluding hydrogens is 233 g/mol. The summed E-state index contributed by atoms with van der Waals surface area (Å²) < 4.78 is 37.4. The Labute approximate surface area is 96.1 Å². The van der Waals surface area contributed by atoms with Gasteiger partial charge in [-0.15, -0.1) is 0 Å². The number of alkyl halides is 3. The highest BCUT2D eigenvalue weighted by Crippen LogP contribution is 2.33. The first kappa shape index (κ1) is 12.0. The van der Waals surface area contributed by atoms with Crippen molar-refractivity contribution in [3.05, 3.63) is 34.9 Å². The molecule has 0 amide bonds. The SMILES string of the molecule is O=C(O)C1CCc2cc(C(F)(F)F)ccc2C1. The number of hydrogen-bond acceptors (Lipinski definition) is 1. The van der Waals surface area contributed by atoms with Crippen molar-refractivity contribution in [2.75, 3.05) is 0 Å². The van der Waals surface area contributed by atoms with Crippen LogP contribution in [0, 0.1) is 5.92 Å². The van der Waals surface area contributed by atoms with Gasteiger partial charge in [-0.2, -0.15) is 13.2 Å². The first-order valence-corrected chi connectivity index (χ1v) is 5.29. The topological polar surface area (TPSA) is 37.3 Å². The zero-order valence-corrected chi connectivity index (χ0v) is 8.92. The fourth-order valence-electron chi connectivity index (χ4n) is 2.14. The fourth-order valence-corrected chi connectivity index (χ4v) is 2.14. The zero-order valence-electron chi connectivity index (χ0n) is 8.92. The number of aliphatic carboxylic acids is 1. The Balaban J connectivity index is 2.29. The summed E-state index contributed by atoms with van der Waals surface area (Å²) in [5, 5.41) is 8.87. The van der Waals surface area contributed by atoms with Gasteiger partial charge in [-0.25, -0.2) is 0 Å². The summed E-state index contributed by atoms with van der Waals surface area (Å²) in [5.74, 6) is -1.35. The molecule has 1 atom stereocenters. The molecule has 0 bridgehead atoms. The minimum atomic E-state index is -4.33. The number of halogens is 3. The van der Waals surface area contributed by atoms with E-state index in [1.54, 1.807) is 0 Å². The molecule has 0 saturated heterocycles. The van der Waals surface area contributed by atoms with Crippen molar-refractivity contribution < 1.29 is 23.1 Å². The van der Waals surface area contributed by atoms with E-state index in [4.69, 9.17) is 5.11 Å². The van der Waals surface area contributed by atoms with Crippen molar-refractivity contribution in [3.63, 3.8) is 0 Å². The van der Waals surface area contributed by atoms with Crippen molar-refractivity contribution in [2.24, 2.45) is 5.92 Å². The van der Waals surface area contributed by atoms with Crippen molar-refractivity contribution in [3.8, 4) is 0 Å². The van der Waals surface area contributed by atoms with Gasteiger partial charge in [0, 0.05) is 0 Å². The van der Waals surface area contributed by atoms with Crippen LogP contribution in [0.1, 0.15) is 23.1 Å². The third-order valence-electron chi connectivity index (χ3n) is 3.11. The van der Waals surface area contributed by atoms with Gasteiger partial charge in [-0.05, 0) is 42.5 Å². The molecule has 1 unspecified atom stereocenters. The van der Waals surface area contributed by atoms with E-state index in [1.807, 2.05) is 0 Å². The van der Waals surface area contributed by atoms with Crippen LogP contribution in [0.3, 0.4) is 0 Å². The molecule has 17 heavy (non-hydrogen) atoms. The van der Waals surface area contributed by atoms with E-state index < -0.39 is 23.6 Å². The molecule has 0 aromatic heterocycles. The lowest BCUT2D eigenvalue weighted by Gasteiger charge is -2.22. The third-order valence-corrected chi connectivity index (χ3v) is 3.11. The van der Waals surface area contributed by atoms with Gasteiger partial charge in [0.1, 0.15) is 0 Å². The maximum atomic E-state index is 12.5. The Morgan fingerprint density at radius 1 is 1.29 bits per heavy atom. The molecule has 1 aliphatic rings. The number of rotatable bonds is 1. The fraction of sp³-hybridized carbons (Fsp3) is 0.417. The number of aryl methyl sites for hydroxylation is 1. The maximum Gasteiger partial charge on any atom is 0.416 e. The van der Waals surface area contributed by atoms with Crippen molar-refractivity contribution in [1.82, 2.24) is 0 Å². The number of fused-ring (bicyclic) bond motifs is 1. The summed E-state index contributed by atoms with van der Waals surface area (Å²) >= 11 is 0. The average molecular weight is 244 g/mol. The standard InChI is InChI=1S/C12H11F3O2/c13-12(14,15)10-4-3-7-5-9(11(16)17)2-1-8(7)6-10/h3-4,6,9H,1-2,5H2,(H,16,17). The Morgan fingerprint density at radius 3 is 2.59 bits per heavy atom. The summed E-state index contributed by atoms with van der Waals surface area (Å²) in [5.41, 5.74) is 0.680. The smallest absolute Gasteiger partial charge is 0.416 e. The van der Waals surface area contributed by atoms with Crippen LogP contribution in [0.2, 0.25) is 0 Å². The maximum absolute atomic E-state index is 12.5. The Bertz CT molecular complexity index is 452. The highest BCUT2D eigenvalue weighted by Gasteiger charge is 2.32. The van der Waals surface area contributed by atoms with E-state index in [-0.39, 0.29) is 0 Å². The molecule has 1 aromatic carbocycles. The molecule has 2 rings (SSSR count). The molecule has 0 heterocycles. The number of benzene rings is 1. The molecule has 2 nitrogen and oxygen atoms in total. The van der Waals surface area contributed by atoms with Gasteiger partial charge < -0.3 is 5.11 Å². The molecule has 0 radical (unpaired) electrons. The van der Waals surface area contributed by atoms with E-state index in [0.29, 0.717) is 24.8 Å². The number of carbonyl (C=O) groups is 1. The first-order valence-electron chi connectivity index (χ1n) is 5.29. The van der Waals surface area contributed by atoms with Crippen molar-refractivity contribution >= 4 is 5.97 Å². The largest absolute Gasteiger partial charge is 0.481 e. The number of carboxylic acid groups (broad SMARTS) is 1. The molecule has 0 aliphatic heterocycles. The monoisotopic (exact) mass is 244 g/mol. The van der Waals surface area contributed by atoms with Gasteiger partial charge in [-0.3, -0.25) is 4.79 Å². The summed E-state index contributed by atoms with van der Waals surface area (Å²) in [6.07, 6.45) is -3.21. The van der Waals surface area contributed by atoms with Gasteiger partial charge in [-0.1, -0.05) is 6.07 Å². The molecule has 1 N–H and O–H groups in total. The second-order valence-electron chi connectivity index (χ2n) is 4.26. The van der Waals surface area contributed by atoms with Crippen LogP contribution in [0.4, 0.5) is 13.2 Å². The second-order valence-corrected chi connectivity index (χ2v) is 4.26. The molecule has 1 aromatic rings. The average Bonchev–Trinajstić information content (AvgIpc) is 2.26. The van der Waals surface area contributed by atoms with Crippen molar-refractivity contribution in [1.29, 1.82) is 0 Å². The lowest BCUT2D eigenvalue weighted by Crippen LogP contribution is -2.22. The van der Waals surface area contributed by atoms with Crippen molar-refractivity contribution in [2.45, 2.75) is 25.4 Å². The minimum absolute atomic E-state index is 0.322. The van der Waals surface area contributed by atoms with Crippen LogP contribution < -0.4 is 0 Å². The Hall–Kier alpha value is -1.52. The highest BCUT2D eigenvalue weighted by molar-refractivity contribution is 5.71. The van der Waals surface area contributed by atoms with Gasteiger partial charge in [0.2, 0.25) is 0 Å². The summed E-state index contributed by atoms with van der Waals surface area (Å²) in [6.45, 7) is 0. The predicted molar refractivity (Wildman–Crippen MR) is 54.6 cm³/mol. The van der Waals surface area contributed by atoms with Crippen LogP contribution in [-0.4, -0.2) is 11.1 Å². The Morgan fingerprint density at radius 2 is 2.00 bits per heavy atom. The molecule has 0 saturated carbocycles. The minimum Gasteiger partial charge on any atom is -0.481 e. The van der Waals surface area contributed by atoms with Crippen LogP contribution >= 0.6 is 0 Å². The van der Waals surface area contributed by atoms with Crippen LogP contribution in [0.25, 0.3) is 0 Å². The van der Waals surface area contributed by atoms with Gasteiger partial charge in [0.15, 0.2) is 0 Å². The lowest BCUT2D eigenvalue weighted by molar-refractivity contribution is -0.142. The van der Waals surface area contributed by atoms with Crippen LogP contribution in [0.5, 0.6) is 0 Å². The summed E-state index contributed by atoms with van der Waals surface area (Å²) in [7, 11) is 0. The molecule has 0 fully saturated rings. The molecular formula is C12H11F3O2. The summed E-state index contributed by atoms with van der Waals surface area (Å²) in [6, 6.07) is 3.55. The number of hydrogen-bond donors (Lipinski definition) is 1. The van der Waals surface area contributed by atoms with E-state index in [9.17, 15) is 18.0 Å². The van der Waals surface area contributed by atoms with E-state index in [0.717, 1.165) is 17.7 Å². The Kier molecular flexibility index (Phi) is 2.85. The third kappa shape index (κ3) is 2.43. The molecule has 92 valence electrons. The van der Waals surface area contributed by atoms with Gasteiger partial charge >= 0.3 is 12.1 Å². The molecule has 5 heteroatoms.